The quantitative estimate of drug-likeness (QED) is 0.0914. The van der Waals surface area contributed by atoms with Crippen LogP contribution in [0.4, 0.5) is 10.8 Å². The molecule has 5 rings (SSSR count). The van der Waals surface area contributed by atoms with Gasteiger partial charge in [0.05, 0.1) is 25.7 Å². The number of anilines is 2. The minimum Gasteiger partial charge on any atom is -0.493 e. The highest BCUT2D eigenvalue weighted by Gasteiger charge is 2.18. The summed E-state index contributed by atoms with van der Waals surface area (Å²) < 4.78 is 10.9. The van der Waals surface area contributed by atoms with Gasteiger partial charge in [0, 0.05) is 37.7 Å². The van der Waals surface area contributed by atoms with E-state index in [1.54, 1.807) is 72.8 Å². The largest absolute Gasteiger partial charge is 0.493 e. The number of carbonyl (C=O) groups excluding carboxylic acids is 3. The minimum atomic E-state index is -0.558. The summed E-state index contributed by atoms with van der Waals surface area (Å²) in [6.07, 6.45) is 1.52. The van der Waals surface area contributed by atoms with Crippen LogP contribution in [0.2, 0.25) is 5.02 Å². The number of methoxy groups -OCH3 is 2. The Labute approximate surface area is 285 Å². The second-order valence-electron chi connectivity index (χ2n) is 9.80. The number of halogens is 1. The second kappa shape index (κ2) is 15.9. The van der Waals surface area contributed by atoms with Crippen molar-refractivity contribution in [1.29, 1.82) is 0 Å². The zero-order valence-electron chi connectivity index (χ0n) is 25.3. The summed E-state index contributed by atoms with van der Waals surface area (Å²) in [5, 5.41) is 11.3. The van der Waals surface area contributed by atoms with Crippen molar-refractivity contribution in [1.82, 2.24) is 10.3 Å². The van der Waals surface area contributed by atoms with Crippen molar-refractivity contribution in [2.45, 2.75) is 4.90 Å². The van der Waals surface area contributed by atoms with Crippen LogP contribution >= 0.6 is 34.7 Å². The third-order valence-electron chi connectivity index (χ3n) is 6.62. The molecule has 3 amide bonds. The number of nitrogens with zero attached hydrogens (tertiary/aromatic N) is 1. The average Bonchev–Trinajstić information content (AvgIpc) is 3.55. The van der Waals surface area contributed by atoms with Crippen LogP contribution in [0.1, 0.15) is 15.9 Å². The van der Waals surface area contributed by atoms with Gasteiger partial charge >= 0.3 is 0 Å². The van der Waals surface area contributed by atoms with Crippen LogP contribution in [0, 0.1) is 0 Å². The van der Waals surface area contributed by atoms with E-state index in [1.807, 2.05) is 29.6 Å². The Hall–Kier alpha value is -5.10. The van der Waals surface area contributed by atoms with Crippen LogP contribution in [0.15, 0.2) is 113 Å². The molecule has 0 spiro atoms. The maximum atomic E-state index is 13.6. The van der Waals surface area contributed by atoms with Gasteiger partial charge in [-0.3, -0.25) is 14.4 Å². The lowest BCUT2D eigenvalue weighted by Gasteiger charge is -2.14. The van der Waals surface area contributed by atoms with E-state index in [0.29, 0.717) is 44.2 Å². The number of hydrogen-bond donors (Lipinski definition) is 3. The number of thiazole rings is 1. The van der Waals surface area contributed by atoms with Gasteiger partial charge in [-0.15, -0.1) is 23.1 Å². The fraction of sp³-hybridized carbons (Fsp3) is 0.0857. The van der Waals surface area contributed by atoms with E-state index in [-0.39, 0.29) is 17.4 Å². The predicted molar refractivity (Wildman–Crippen MR) is 188 cm³/mol. The molecule has 47 heavy (non-hydrogen) atoms. The number of aromatic nitrogens is 1. The van der Waals surface area contributed by atoms with E-state index >= 15 is 0 Å². The molecule has 0 fully saturated rings. The van der Waals surface area contributed by atoms with Gasteiger partial charge in [-0.05, 0) is 48.5 Å². The number of amides is 3. The molecule has 4 aromatic carbocycles. The van der Waals surface area contributed by atoms with Gasteiger partial charge in [-0.25, -0.2) is 4.98 Å². The molecule has 12 heteroatoms. The molecule has 3 N–H and O–H groups in total. The highest BCUT2D eigenvalue weighted by Crippen LogP contribution is 2.33. The summed E-state index contributed by atoms with van der Waals surface area (Å²) in [5.74, 6) is -0.248. The molecule has 1 heterocycles. The van der Waals surface area contributed by atoms with Crippen molar-refractivity contribution in [2.75, 3.05) is 30.6 Å². The molecule has 1 aromatic heterocycles. The van der Waals surface area contributed by atoms with Crippen LogP contribution in [-0.4, -0.2) is 42.7 Å². The number of carbonyl (C=O) groups is 3. The molecular formula is C35H29ClN4O5S2. The van der Waals surface area contributed by atoms with Gasteiger partial charge in [0.15, 0.2) is 16.6 Å². The summed E-state index contributed by atoms with van der Waals surface area (Å²) in [6.45, 7) is 0. The lowest BCUT2D eigenvalue weighted by Crippen LogP contribution is -2.30. The molecule has 0 aliphatic carbocycles. The van der Waals surface area contributed by atoms with E-state index in [4.69, 9.17) is 21.1 Å². The Balaban J connectivity index is 1.27. The first kappa shape index (κ1) is 33.3. The van der Waals surface area contributed by atoms with Crippen LogP contribution in [0.25, 0.3) is 17.3 Å². The first-order chi connectivity index (χ1) is 22.8. The smallest absolute Gasteiger partial charge is 0.272 e. The summed E-state index contributed by atoms with van der Waals surface area (Å²) in [5.41, 5.74) is 2.85. The van der Waals surface area contributed by atoms with E-state index in [2.05, 4.69) is 20.9 Å². The van der Waals surface area contributed by atoms with E-state index < -0.39 is 11.8 Å². The maximum Gasteiger partial charge on any atom is 0.272 e. The first-order valence-electron chi connectivity index (χ1n) is 14.2. The maximum absolute atomic E-state index is 13.6. The van der Waals surface area contributed by atoms with Gasteiger partial charge in [0.2, 0.25) is 5.91 Å². The summed E-state index contributed by atoms with van der Waals surface area (Å²) in [6, 6.07) is 28.3. The molecular weight excluding hydrogens is 656 g/mol. The third-order valence-corrected chi connectivity index (χ3v) is 8.71. The molecule has 0 atom stereocenters. The topological polar surface area (TPSA) is 119 Å². The predicted octanol–water partition coefficient (Wildman–Crippen LogP) is 7.62. The molecule has 0 saturated carbocycles. The molecule has 5 aromatic rings. The van der Waals surface area contributed by atoms with Crippen molar-refractivity contribution in [3.05, 3.63) is 124 Å². The molecule has 0 unspecified atom stereocenters. The van der Waals surface area contributed by atoms with Gasteiger partial charge in [0.25, 0.3) is 11.8 Å². The lowest BCUT2D eigenvalue weighted by molar-refractivity contribution is -0.114. The zero-order chi connectivity index (χ0) is 33.2. The van der Waals surface area contributed by atoms with Gasteiger partial charge in [0.1, 0.15) is 5.70 Å². The summed E-state index contributed by atoms with van der Waals surface area (Å²) in [4.78, 5) is 44.6. The van der Waals surface area contributed by atoms with Crippen molar-refractivity contribution >= 4 is 69.3 Å². The monoisotopic (exact) mass is 684 g/mol. The standard InChI is InChI=1S/C35H29ClN4O5S2/c1-44-30-17-8-12-23(32(30)45-2)18-28(38-33(42)22-10-4-3-5-11-22)34(43)37-24-13-9-14-25(19-24)46-21-31(41)40-35-39-29(20-47-35)26-15-6-7-16-27(26)36/h3-20H,21H2,1-2H3,(H,37,43)(H,38,42)(H,39,40,41)/b28-18+. The number of rotatable bonds is 12. The van der Waals surface area contributed by atoms with Crippen LogP contribution in [0.5, 0.6) is 11.5 Å². The van der Waals surface area contributed by atoms with Crippen LogP contribution in [0.3, 0.4) is 0 Å². The van der Waals surface area contributed by atoms with E-state index in [9.17, 15) is 14.4 Å². The number of benzene rings is 4. The molecule has 238 valence electrons. The minimum absolute atomic E-state index is 0.0116. The van der Waals surface area contributed by atoms with Crippen molar-refractivity contribution in [3.63, 3.8) is 0 Å². The zero-order valence-corrected chi connectivity index (χ0v) is 27.7. The van der Waals surface area contributed by atoms with Gasteiger partial charge in [-0.1, -0.05) is 66.2 Å². The summed E-state index contributed by atoms with van der Waals surface area (Å²) >= 11 is 8.89. The van der Waals surface area contributed by atoms with Crippen molar-refractivity contribution < 1.29 is 23.9 Å². The number of nitrogens with one attached hydrogen (secondary N) is 3. The number of para-hydroxylation sites is 1. The summed E-state index contributed by atoms with van der Waals surface area (Å²) in [7, 11) is 3.01. The Morgan fingerprint density at radius 3 is 2.43 bits per heavy atom. The fourth-order valence-electron chi connectivity index (χ4n) is 4.41. The SMILES string of the molecule is COc1cccc(/C=C(/NC(=O)c2ccccc2)C(=O)Nc2cccc(SCC(=O)Nc3nc(-c4ccccc4Cl)cs3)c2)c1OC. The van der Waals surface area contributed by atoms with E-state index in [1.165, 1.54) is 43.4 Å². The van der Waals surface area contributed by atoms with Crippen molar-refractivity contribution in [3.8, 4) is 22.8 Å². The molecule has 0 aliphatic rings. The molecule has 0 radical (unpaired) electrons. The number of hydrogen-bond acceptors (Lipinski definition) is 8. The second-order valence-corrected chi connectivity index (χ2v) is 12.1. The lowest BCUT2D eigenvalue weighted by atomic mass is 10.1. The van der Waals surface area contributed by atoms with Gasteiger partial charge in [-0.2, -0.15) is 0 Å². The highest BCUT2D eigenvalue weighted by molar-refractivity contribution is 8.00. The number of thioether (sulfide) groups is 1. The average molecular weight is 685 g/mol. The first-order valence-corrected chi connectivity index (χ1v) is 16.4. The Morgan fingerprint density at radius 1 is 0.894 bits per heavy atom. The Kier molecular flexibility index (Phi) is 11.3. The Morgan fingerprint density at radius 2 is 1.66 bits per heavy atom. The van der Waals surface area contributed by atoms with Gasteiger partial charge < -0.3 is 25.4 Å². The third kappa shape index (κ3) is 8.79. The van der Waals surface area contributed by atoms with E-state index in [0.717, 1.165) is 10.5 Å². The molecule has 9 nitrogen and oxygen atoms in total. The van der Waals surface area contributed by atoms with Crippen LogP contribution < -0.4 is 25.4 Å². The fourth-order valence-corrected chi connectivity index (χ4v) is 6.13. The van der Waals surface area contributed by atoms with Crippen molar-refractivity contribution in [2.24, 2.45) is 0 Å². The number of ether oxygens (including phenoxy) is 2. The Bertz CT molecular complexity index is 1930. The normalized spacial score (nSPS) is 11.0. The molecule has 0 saturated heterocycles. The van der Waals surface area contributed by atoms with Crippen LogP contribution in [-0.2, 0) is 9.59 Å². The molecule has 0 bridgehead atoms. The molecule has 0 aliphatic heterocycles. The highest BCUT2D eigenvalue weighted by atomic mass is 35.5.